The van der Waals surface area contributed by atoms with Crippen LogP contribution in [0.2, 0.25) is 0 Å². The van der Waals surface area contributed by atoms with E-state index in [2.05, 4.69) is 24.3 Å². The predicted molar refractivity (Wildman–Crippen MR) is 108 cm³/mol. The Balaban J connectivity index is 1.44. The molecular weight excluding hydrogens is 354 g/mol. The number of benzene rings is 1. The number of hydrogen-bond acceptors (Lipinski definition) is 4. The average Bonchev–Trinajstić information content (AvgIpc) is 3.30. The third kappa shape index (κ3) is 5.22. The molecule has 3 rings (SSSR count). The van der Waals surface area contributed by atoms with Gasteiger partial charge < -0.3 is 9.47 Å². The van der Waals surface area contributed by atoms with E-state index < -0.39 is 5.41 Å². The van der Waals surface area contributed by atoms with Crippen molar-refractivity contribution in [1.82, 2.24) is 5.48 Å². The van der Waals surface area contributed by atoms with E-state index in [1.54, 1.807) is 5.48 Å². The number of rotatable bonds is 10. The minimum absolute atomic E-state index is 0.335. The van der Waals surface area contributed by atoms with E-state index in [1.807, 2.05) is 32.0 Å². The maximum atomic E-state index is 11.6. The zero-order valence-electron chi connectivity index (χ0n) is 17.0. The van der Waals surface area contributed by atoms with Crippen LogP contribution in [0, 0.1) is 17.3 Å². The van der Waals surface area contributed by atoms with Crippen LogP contribution in [0.3, 0.4) is 0 Å². The molecule has 28 heavy (non-hydrogen) atoms. The minimum atomic E-state index is -0.567. The summed E-state index contributed by atoms with van der Waals surface area (Å²) in [6, 6.07) is 10.3. The number of carbonyl (C=O) groups excluding carboxylic acids is 1. The molecule has 0 radical (unpaired) electrons. The molecule has 0 aliphatic carbocycles. The predicted octanol–water partition coefficient (Wildman–Crippen LogP) is 4.25. The SMILES string of the molecule is CC(C)(CCC=CC[C@@H]1[C@H](COCc2ccccc2)[C@@H]2CC[C@H]1O2)C(=O)NO. The van der Waals surface area contributed by atoms with Crippen molar-refractivity contribution in [3.8, 4) is 0 Å². The maximum absolute atomic E-state index is 11.6. The molecule has 154 valence electrons. The molecule has 2 aliphatic rings. The monoisotopic (exact) mass is 387 g/mol. The first-order valence-corrected chi connectivity index (χ1v) is 10.4. The molecule has 2 fully saturated rings. The molecule has 0 aromatic heterocycles. The molecule has 1 amide bonds. The van der Waals surface area contributed by atoms with Gasteiger partial charge in [-0.3, -0.25) is 10.0 Å². The van der Waals surface area contributed by atoms with Gasteiger partial charge >= 0.3 is 0 Å². The Morgan fingerprint density at radius 1 is 1.21 bits per heavy atom. The van der Waals surface area contributed by atoms with Gasteiger partial charge in [0.1, 0.15) is 0 Å². The molecule has 2 N–H and O–H groups in total. The molecule has 5 nitrogen and oxygen atoms in total. The first-order chi connectivity index (χ1) is 13.5. The highest BCUT2D eigenvalue weighted by Gasteiger charge is 2.48. The van der Waals surface area contributed by atoms with Crippen molar-refractivity contribution in [3.63, 3.8) is 0 Å². The lowest BCUT2D eigenvalue weighted by Crippen LogP contribution is -2.34. The fourth-order valence-corrected chi connectivity index (χ4v) is 4.40. The van der Waals surface area contributed by atoms with Crippen LogP contribution in [0.15, 0.2) is 42.5 Å². The first-order valence-electron chi connectivity index (χ1n) is 10.4. The van der Waals surface area contributed by atoms with E-state index >= 15 is 0 Å². The number of carbonyl (C=O) groups is 1. The zero-order valence-corrected chi connectivity index (χ0v) is 17.0. The first kappa shape index (κ1) is 21.0. The molecule has 0 unspecified atom stereocenters. The molecule has 4 atom stereocenters. The van der Waals surface area contributed by atoms with Crippen molar-refractivity contribution in [2.75, 3.05) is 6.61 Å². The van der Waals surface area contributed by atoms with E-state index in [-0.39, 0.29) is 5.91 Å². The van der Waals surface area contributed by atoms with Gasteiger partial charge in [0.05, 0.1) is 25.4 Å². The molecule has 0 saturated carbocycles. The number of hydrogen-bond donors (Lipinski definition) is 2. The lowest BCUT2D eigenvalue weighted by Gasteiger charge is -2.27. The van der Waals surface area contributed by atoms with Crippen molar-refractivity contribution in [3.05, 3.63) is 48.0 Å². The second-order valence-electron chi connectivity index (χ2n) is 8.69. The highest BCUT2D eigenvalue weighted by atomic mass is 16.5. The highest BCUT2D eigenvalue weighted by molar-refractivity contribution is 5.80. The van der Waals surface area contributed by atoms with Gasteiger partial charge in [0.25, 0.3) is 0 Å². The molecule has 1 aromatic carbocycles. The third-order valence-corrected chi connectivity index (χ3v) is 6.24. The van der Waals surface area contributed by atoms with E-state index in [9.17, 15) is 4.79 Å². The van der Waals surface area contributed by atoms with Gasteiger partial charge in [-0.25, -0.2) is 5.48 Å². The average molecular weight is 388 g/mol. The van der Waals surface area contributed by atoms with Crippen LogP contribution in [-0.2, 0) is 20.9 Å². The van der Waals surface area contributed by atoms with Crippen molar-refractivity contribution >= 4 is 5.91 Å². The molecule has 2 saturated heterocycles. The number of fused-ring (bicyclic) bond motifs is 2. The largest absolute Gasteiger partial charge is 0.376 e. The van der Waals surface area contributed by atoms with Gasteiger partial charge in [-0.1, -0.05) is 56.3 Å². The smallest absolute Gasteiger partial charge is 0.248 e. The minimum Gasteiger partial charge on any atom is -0.376 e. The van der Waals surface area contributed by atoms with Gasteiger partial charge in [0.2, 0.25) is 5.91 Å². The van der Waals surface area contributed by atoms with Crippen molar-refractivity contribution in [2.45, 2.75) is 64.8 Å². The Hall–Kier alpha value is -1.69. The Bertz CT molecular complexity index is 658. The molecule has 2 heterocycles. The lowest BCUT2D eigenvalue weighted by atomic mass is 9.78. The van der Waals surface area contributed by atoms with Crippen LogP contribution in [0.1, 0.15) is 51.5 Å². The molecule has 1 aromatic rings. The van der Waals surface area contributed by atoms with Gasteiger partial charge in [-0.2, -0.15) is 0 Å². The number of amides is 1. The van der Waals surface area contributed by atoms with E-state index in [0.29, 0.717) is 37.1 Å². The van der Waals surface area contributed by atoms with Crippen LogP contribution in [0.5, 0.6) is 0 Å². The Morgan fingerprint density at radius 3 is 2.64 bits per heavy atom. The molecule has 5 heteroatoms. The standard InChI is InChI=1S/C23H33NO4/c1-23(2,22(25)24-26)14-8-4-7-11-18-19(21-13-12-20(18)28-21)16-27-15-17-9-5-3-6-10-17/h3-7,9-10,18-21,26H,8,11-16H2,1-2H3,(H,24,25)/t18-,19+,20-,21+/m1/s1. The second kappa shape index (κ2) is 9.68. The summed E-state index contributed by atoms with van der Waals surface area (Å²) in [4.78, 5) is 11.6. The zero-order chi connectivity index (χ0) is 20.0. The summed E-state index contributed by atoms with van der Waals surface area (Å²) in [6.45, 7) is 5.09. The van der Waals surface area contributed by atoms with Crippen LogP contribution >= 0.6 is 0 Å². The molecule has 0 spiro atoms. The van der Waals surface area contributed by atoms with E-state index in [4.69, 9.17) is 14.7 Å². The highest BCUT2D eigenvalue weighted by Crippen LogP contribution is 2.45. The Labute approximate surface area is 168 Å². The van der Waals surface area contributed by atoms with Crippen molar-refractivity contribution in [2.24, 2.45) is 17.3 Å². The van der Waals surface area contributed by atoms with Crippen LogP contribution in [-0.4, -0.2) is 29.9 Å². The maximum Gasteiger partial charge on any atom is 0.248 e. The number of ether oxygens (including phenoxy) is 2. The van der Waals surface area contributed by atoms with Gasteiger partial charge in [0, 0.05) is 11.3 Å². The lowest BCUT2D eigenvalue weighted by molar-refractivity contribution is -0.138. The quantitative estimate of drug-likeness (QED) is 0.358. The third-order valence-electron chi connectivity index (χ3n) is 6.24. The van der Waals surface area contributed by atoms with Gasteiger partial charge in [0.15, 0.2) is 0 Å². The topological polar surface area (TPSA) is 67.8 Å². The molecule has 2 aliphatic heterocycles. The van der Waals surface area contributed by atoms with E-state index in [1.165, 1.54) is 5.56 Å². The Kier molecular flexibility index (Phi) is 7.27. The fraction of sp³-hybridized carbons (Fsp3) is 0.609. The van der Waals surface area contributed by atoms with Crippen molar-refractivity contribution in [1.29, 1.82) is 0 Å². The van der Waals surface area contributed by atoms with Crippen LogP contribution in [0.25, 0.3) is 0 Å². The van der Waals surface area contributed by atoms with E-state index in [0.717, 1.165) is 32.3 Å². The number of allylic oxidation sites excluding steroid dienone is 2. The number of hydroxylamine groups is 1. The van der Waals surface area contributed by atoms with Gasteiger partial charge in [-0.15, -0.1) is 0 Å². The molecular formula is C23H33NO4. The summed E-state index contributed by atoms with van der Waals surface area (Å²) in [5.41, 5.74) is 2.39. The van der Waals surface area contributed by atoms with Crippen LogP contribution < -0.4 is 5.48 Å². The number of nitrogens with one attached hydrogen (secondary N) is 1. The second-order valence-corrected chi connectivity index (χ2v) is 8.69. The van der Waals surface area contributed by atoms with Crippen molar-refractivity contribution < 1.29 is 19.5 Å². The summed E-state index contributed by atoms with van der Waals surface area (Å²) in [6.07, 6.45) is 9.89. The fourth-order valence-electron chi connectivity index (χ4n) is 4.40. The summed E-state index contributed by atoms with van der Waals surface area (Å²) >= 11 is 0. The van der Waals surface area contributed by atoms with Gasteiger partial charge in [-0.05, 0) is 43.6 Å². The molecule has 2 bridgehead atoms. The summed E-state index contributed by atoms with van der Waals surface area (Å²) in [5.74, 6) is 0.640. The summed E-state index contributed by atoms with van der Waals surface area (Å²) in [5, 5.41) is 8.81. The Morgan fingerprint density at radius 2 is 1.93 bits per heavy atom. The summed E-state index contributed by atoms with van der Waals surface area (Å²) in [7, 11) is 0. The normalized spacial score (nSPS) is 26.8. The summed E-state index contributed by atoms with van der Waals surface area (Å²) < 4.78 is 12.2. The van der Waals surface area contributed by atoms with Crippen LogP contribution in [0.4, 0.5) is 0 Å².